The first-order valence-electron chi connectivity index (χ1n) is 6.33. The van der Waals surface area contributed by atoms with Gasteiger partial charge in [-0.15, -0.1) is 10.2 Å². The number of aliphatic hydroxyl groups is 2. The summed E-state index contributed by atoms with van der Waals surface area (Å²) in [6, 6.07) is 7.57. The number of nitrogens with zero attached hydrogens (tertiary/aromatic N) is 2. The van der Waals surface area contributed by atoms with Gasteiger partial charge in [-0.2, -0.15) is 0 Å². The third-order valence-electron chi connectivity index (χ3n) is 2.77. The fourth-order valence-electron chi connectivity index (χ4n) is 1.59. The molecule has 0 radical (unpaired) electrons. The van der Waals surface area contributed by atoms with Crippen molar-refractivity contribution in [1.29, 1.82) is 0 Å². The summed E-state index contributed by atoms with van der Waals surface area (Å²) in [4.78, 5) is 19.5. The summed E-state index contributed by atoms with van der Waals surface area (Å²) in [6.45, 7) is 0. The molecule has 1 heterocycles. The van der Waals surface area contributed by atoms with Crippen LogP contribution < -0.4 is 22.5 Å². The molecule has 130 valence electrons. The van der Waals surface area contributed by atoms with Gasteiger partial charge in [-0.25, -0.2) is 21.3 Å². The summed E-state index contributed by atoms with van der Waals surface area (Å²) in [5.41, 5.74) is 4.96. The molecule has 1 aromatic heterocycles. The van der Waals surface area contributed by atoms with Crippen LogP contribution in [0.25, 0.3) is 10.8 Å². The first-order valence-corrected chi connectivity index (χ1v) is 6.33. The van der Waals surface area contributed by atoms with Crippen molar-refractivity contribution >= 4 is 34.3 Å². The number of fused-ring (bicyclic) bond motifs is 1. The van der Waals surface area contributed by atoms with Gasteiger partial charge in [-0.3, -0.25) is 0 Å². The summed E-state index contributed by atoms with van der Waals surface area (Å²) in [6.07, 6.45) is -4.53. The fourth-order valence-corrected chi connectivity index (χ4v) is 1.59. The predicted octanol–water partition coefficient (Wildman–Crippen LogP) is -1.92. The lowest BCUT2D eigenvalue weighted by Crippen LogP contribution is -2.39. The van der Waals surface area contributed by atoms with Gasteiger partial charge in [0, 0.05) is 10.8 Å². The number of carboxylic acid groups (broad SMARTS) is 2. The van der Waals surface area contributed by atoms with Crippen molar-refractivity contribution < 1.29 is 30.0 Å². The Hall–Kier alpha value is -3.06. The van der Waals surface area contributed by atoms with E-state index < -0.39 is 24.1 Å². The van der Waals surface area contributed by atoms with Crippen molar-refractivity contribution in [2.24, 2.45) is 11.7 Å². The average Bonchev–Trinajstić information content (AvgIpc) is 2.59. The number of nitrogens with one attached hydrogen (secondary N) is 2. The van der Waals surface area contributed by atoms with Gasteiger partial charge in [0.2, 0.25) is 0 Å². The van der Waals surface area contributed by atoms with Crippen LogP contribution in [0, 0.1) is 0 Å². The van der Waals surface area contributed by atoms with Crippen LogP contribution in [-0.4, -0.2) is 54.8 Å². The lowest BCUT2D eigenvalue weighted by molar-refractivity contribution is -0.165. The maximum absolute atomic E-state index is 9.77. The summed E-state index contributed by atoms with van der Waals surface area (Å²) < 4.78 is 0. The van der Waals surface area contributed by atoms with Crippen molar-refractivity contribution in [3.63, 3.8) is 0 Å². The molecule has 0 aliphatic rings. The molecular weight excluding hydrogens is 324 g/mol. The summed E-state index contributed by atoms with van der Waals surface area (Å²) in [7, 11) is 0. The highest BCUT2D eigenvalue weighted by molar-refractivity contribution is 5.97. The van der Waals surface area contributed by atoms with Crippen LogP contribution >= 0.6 is 0 Å². The van der Waals surface area contributed by atoms with Gasteiger partial charge >= 0.3 is 11.9 Å². The van der Waals surface area contributed by atoms with Crippen LogP contribution in [-0.2, 0) is 9.59 Å². The Bertz CT molecular complexity index is 666. The van der Waals surface area contributed by atoms with E-state index >= 15 is 0 Å². The van der Waals surface area contributed by atoms with Crippen LogP contribution in [0.4, 0.5) is 11.6 Å². The Balaban J connectivity index is 0.000000257. The molecule has 1 aromatic carbocycles. The SMILES string of the molecule is NNc1nnc(NN)c2ccccc12.O=C(O)C(O)C(O)C(=O)O. The molecule has 0 bridgehead atoms. The van der Waals surface area contributed by atoms with E-state index in [0.29, 0.717) is 11.6 Å². The van der Waals surface area contributed by atoms with Gasteiger partial charge in [0.25, 0.3) is 0 Å². The number of aliphatic hydroxyl groups excluding tert-OH is 2. The van der Waals surface area contributed by atoms with E-state index in [1.807, 2.05) is 24.3 Å². The van der Waals surface area contributed by atoms with Crippen LogP contribution in [0.15, 0.2) is 24.3 Å². The van der Waals surface area contributed by atoms with Gasteiger partial charge in [0.1, 0.15) is 0 Å². The lowest BCUT2D eigenvalue weighted by Gasteiger charge is -2.07. The van der Waals surface area contributed by atoms with E-state index in [-0.39, 0.29) is 0 Å². The average molecular weight is 340 g/mol. The Kier molecular flexibility index (Phi) is 6.76. The maximum Gasteiger partial charge on any atom is 0.335 e. The molecule has 0 saturated carbocycles. The van der Waals surface area contributed by atoms with Gasteiger partial charge in [-0.1, -0.05) is 24.3 Å². The van der Waals surface area contributed by atoms with E-state index in [9.17, 15) is 9.59 Å². The molecule has 10 N–H and O–H groups in total. The summed E-state index contributed by atoms with van der Waals surface area (Å²) in [5.74, 6) is 8.12. The third-order valence-corrected chi connectivity index (χ3v) is 2.77. The molecule has 0 aliphatic carbocycles. The Morgan fingerprint density at radius 1 is 0.875 bits per heavy atom. The highest BCUT2D eigenvalue weighted by Gasteiger charge is 2.29. The standard InChI is InChI=1S/C8H10N6.C4H6O6/c9-11-7-5-3-1-2-4-6(5)8(12-10)14-13-7;5-1(3(7)8)2(6)4(9)10/h1-4H,9-10H2,(H,11,13)(H,12,14);1-2,5-6H,(H,7,8)(H,9,10). The number of hydrazine groups is 2. The number of rotatable bonds is 5. The molecule has 2 atom stereocenters. The number of nitrogens with two attached hydrogens (primary N) is 2. The minimum absolute atomic E-state index is 0.527. The Morgan fingerprint density at radius 3 is 1.46 bits per heavy atom. The number of aliphatic carboxylic acids is 2. The molecule has 2 aromatic rings. The second-order valence-electron chi connectivity index (χ2n) is 4.30. The summed E-state index contributed by atoms with van der Waals surface area (Å²) >= 11 is 0. The van der Waals surface area contributed by atoms with E-state index in [1.165, 1.54) is 0 Å². The quantitative estimate of drug-likeness (QED) is 0.220. The summed E-state index contributed by atoms with van der Waals surface area (Å²) in [5, 5.41) is 42.0. The number of carboxylic acids is 2. The fraction of sp³-hybridized carbons (Fsp3) is 0.167. The number of carbonyl (C=O) groups is 2. The van der Waals surface area contributed by atoms with E-state index in [2.05, 4.69) is 21.0 Å². The van der Waals surface area contributed by atoms with Gasteiger partial charge in [0.05, 0.1) is 0 Å². The van der Waals surface area contributed by atoms with Crippen LogP contribution in [0.5, 0.6) is 0 Å². The maximum atomic E-state index is 9.77. The zero-order valence-electron chi connectivity index (χ0n) is 12.1. The van der Waals surface area contributed by atoms with E-state index in [1.54, 1.807) is 0 Å². The van der Waals surface area contributed by atoms with Crippen molar-refractivity contribution in [2.45, 2.75) is 12.2 Å². The predicted molar refractivity (Wildman–Crippen MR) is 82.4 cm³/mol. The molecule has 0 spiro atoms. The van der Waals surface area contributed by atoms with Crippen molar-refractivity contribution in [1.82, 2.24) is 10.2 Å². The monoisotopic (exact) mass is 340 g/mol. The molecule has 24 heavy (non-hydrogen) atoms. The number of hydrogen-bond acceptors (Lipinski definition) is 10. The smallest absolute Gasteiger partial charge is 0.335 e. The first-order chi connectivity index (χ1) is 11.3. The van der Waals surface area contributed by atoms with Gasteiger partial charge < -0.3 is 31.3 Å². The number of aromatic nitrogens is 2. The molecule has 2 rings (SSSR count). The molecule has 12 heteroatoms. The van der Waals surface area contributed by atoms with E-state index in [0.717, 1.165) is 10.8 Å². The van der Waals surface area contributed by atoms with Gasteiger partial charge in [0.15, 0.2) is 23.8 Å². The number of nitrogen functional groups attached to an aromatic ring is 2. The zero-order valence-corrected chi connectivity index (χ0v) is 12.1. The Morgan fingerprint density at radius 2 is 1.21 bits per heavy atom. The van der Waals surface area contributed by atoms with Crippen molar-refractivity contribution in [3.8, 4) is 0 Å². The first kappa shape index (κ1) is 19.0. The minimum Gasteiger partial charge on any atom is -0.479 e. The number of benzene rings is 1. The Labute approximate surface area is 134 Å². The van der Waals surface area contributed by atoms with Crippen LogP contribution in [0.3, 0.4) is 0 Å². The zero-order chi connectivity index (χ0) is 18.3. The second-order valence-corrected chi connectivity index (χ2v) is 4.30. The third kappa shape index (κ3) is 4.47. The minimum atomic E-state index is -2.27. The molecule has 0 amide bonds. The number of anilines is 2. The van der Waals surface area contributed by atoms with Crippen LogP contribution in [0.2, 0.25) is 0 Å². The van der Waals surface area contributed by atoms with Gasteiger partial charge in [-0.05, 0) is 0 Å². The highest BCUT2D eigenvalue weighted by Crippen LogP contribution is 2.24. The van der Waals surface area contributed by atoms with E-state index in [4.69, 9.17) is 32.1 Å². The molecule has 12 nitrogen and oxygen atoms in total. The largest absolute Gasteiger partial charge is 0.479 e. The molecular formula is C12H16N6O6. The normalized spacial score (nSPS) is 12.5. The number of hydrogen-bond donors (Lipinski definition) is 8. The van der Waals surface area contributed by atoms with Crippen molar-refractivity contribution in [3.05, 3.63) is 24.3 Å². The highest BCUT2D eigenvalue weighted by atomic mass is 16.4. The molecule has 2 unspecified atom stereocenters. The molecule has 0 fully saturated rings. The molecule has 0 aliphatic heterocycles. The van der Waals surface area contributed by atoms with Crippen LogP contribution in [0.1, 0.15) is 0 Å². The topological polar surface area (TPSA) is 217 Å². The molecule has 0 saturated heterocycles. The second kappa shape index (κ2) is 8.54. The lowest BCUT2D eigenvalue weighted by atomic mass is 10.2. The van der Waals surface area contributed by atoms with Crippen molar-refractivity contribution in [2.75, 3.05) is 10.9 Å².